The first-order valence-corrected chi connectivity index (χ1v) is 7.30. The Morgan fingerprint density at radius 2 is 2.05 bits per heavy atom. The Morgan fingerprint density at radius 1 is 1.18 bits per heavy atom. The Kier molecular flexibility index (Phi) is 3.05. The van der Waals surface area contributed by atoms with Crippen molar-refractivity contribution in [1.82, 2.24) is 4.98 Å². The van der Waals surface area contributed by atoms with Gasteiger partial charge in [-0.15, -0.1) is 0 Å². The van der Waals surface area contributed by atoms with Gasteiger partial charge in [0, 0.05) is 29.5 Å². The van der Waals surface area contributed by atoms with Crippen LogP contribution in [0.5, 0.6) is 5.75 Å². The first-order valence-electron chi connectivity index (χ1n) is 7.30. The largest absolute Gasteiger partial charge is 0.488 e. The summed E-state index contributed by atoms with van der Waals surface area (Å²) in [5, 5.41) is 1.06. The fourth-order valence-electron chi connectivity index (χ4n) is 2.93. The normalized spacial score (nSPS) is 16.5. The van der Waals surface area contributed by atoms with E-state index in [1.165, 1.54) is 12.1 Å². The van der Waals surface area contributed by atoms with E-state index in [4.69, 9.17) is 10.5 Å². The van der Waals surface area contributed by atoms with E-state index in [2.05, 4.69) is 4.98 Å². The van der Waals surface area contributed by atoms with Gasteiger partial charge in [0.15, 0.2) is 0 Å². The van der Waals surface area contributed by atoms with Crippen LogP contribution in [-0.2, 0) is 6.42 Å². The molecule has 3 aromatic rings. The molecular weight excluding hydrogens is 279 g/mol. The second-order valence-corrected chi connectivity index (χ2v) is 5.51. The molecule has 4 rings (SSSR count). The number of pyridine rings is 1. The average Bonchev–Trinajstić information content (AvgIpc) is 2.96. The molecule has 1 atom stereocenters. The lowest BCUT2D eigenvalue weighted by molar-refractivity contribution is 0.242. The molecule has 0 spiro atoms. The van der Waals surface area contributed by atoms with Crippen molar-refractivity contribution in [3.8, 4) is 17.0 Å². The molecule has 2 heterocycles. The minimum absolute atomic E-state index is 0.0870. The van der Waals surface area contributed by atoms with Gasteiger partial charge in [0.1, 0.15) is 17.7 Å². The molecule has 1 aromatic heterocycles. The summed E-state index contributed by atoms with van der Waals surface area (Å²) < 4.78 is 19.8. The number of halogens is 1. The minimum atomic E-state index is -0.273. The van der Waals surface area contributed by atoms with Gasteiger partial charge < -0.3 is 10.5 Å². The van der Waals surface area contributed by atoms with Crippen LogP contribution in [0.15, 0.2) is 48.5 Å². The highest BCUT2D eigenvalue weighted by molar-refractivity contribution is 5.82. The van der Waals surface area contributed by atoms with Gasteiger partial charge in [0.25, 0.3) is 0 Å². The number of nitrogens with zero attached hydrogens (tertiary/aromatic N) is 1. The standard InChI is InChI=1S/C18H15FN2O/c19-13-7-12-8-14(10-20)22-18(12)15(9-13)17-6-5-11-3-1-2-4-16(11)21-17/h1-7,9,14H,8,10,20H2/t14-/m0/s1. The molecular formula is C18H15FN2O. The maximum absolute atomic E-state index is 13.9. The van der Waals surface area contributed by atoms with Crippen molar-refractivity contribution in [3.63, 3.8) is 0 Å². The molecule has 0 bridgehead atoms. The summed E-state index contributed by atoms with van der Waals surface area (Å²) in [6.07, 6.45) is 0.556. The van der Waals surface area contributed by atoms with Gasteiger partial charge in [-0.3, -0.25) is 0 Å². The first-order chi connectivity index (χ1) is 10.7. The molecule has 2 N–H and O–H groups in total. The molecule has 0 radical (unpaired) electrons. The average molecular weight is 294 g/mol. The predicted octanol–water partition coefficient (Wildman–Crippen LogP) is 3.30. The third-order valence-corrected chi connectivity index (χ3v) is 4.00. The van der Waals surface area contributed by atoms with Crippen LogP contribution in [0.4, 0.5) is 4.39 Å². The third kappa shape index (κ3) is 2.12. The zero-order valence-corrected chi connectivity index (χ0v) is 11.9. The summed E-state index contributed by atoms with van der Waals surface area (Å²) in [7, 11) is 0. The lowest BCUT2D eigenvalue weighted by Gasteiger charge is -2.11. The highest BCUT2D eigenvalue weighted by atomic mass is 19.1. The van der Waals surface area contributed by atoms with Crippen LogP contribution in [0.3, 0.4) is 0 Å². The third-order valence-electron chi connectivity index (χ3n) is 4.00. The summed E-state index contributed by atoms with van der Waals surface area (Å²) in [4.78, 5) is 4.64. The SMILES string of the molecule is NC[C@@H]1Cc2cc(F)cc(-c3ccc4ccccc4n3)c2O1. The Balaban J connectivity index is 1.88. The number of hydrogen-bond acceptors (Lipinski definition) is 3. The summed E-state index contributed by atoms with van der Waals surface area (Å²) in [6.45, 7) is 0.418. The van der Waals surface area contributed by atoms with E-state index in [-0.39, 0.29) is 11.9 Å². The van der Waals surface area contributed by atoms with Crippen LogP contribution in [0.2, 0.25) is 0 Å². The Hall–Kier alpha value is -2.46. The Labute approximate surface area is 127 Å². The molecule has 1 aliphatic heterocycles. The highest BCUT2D eigenvalue weighted by Gasteiger charge is 2.26. The second-order valence-electron chi connectivity index (χ2n) is 5.51. The molecule has 0 fully saturated rings. The first kappa shape index (κ1) is 13.2. The van der Waals surface area contributed by atoms with E-state index in [0.717, 1.165) is 16.5 Å². The lowest BCUT2D eigenvalue weighted by atomic mass is 10.0. The summed E-state index contributed by atoms with van der Waals surface area (Å²) in [5.74, 6) is 0.435. The smallest absolute Gasteiger partial charge is 0.132 e. The molecule has 0 unspecified atom stereocenters. The van der Waals surface area contributed by atoms with Gasteiger partial charge in [0.2, 0.25) is 0 Å². The number of nitrogens with two attached hydrogens (primary N) is 1. The molecule has 0 amide bonds. The fourth-order valence-corrected chi connectivity index (χ4v) is 2.93. The fraction of sp³-hybridized carbons (Fsp3) is 0.167. The van der Waals surface area contributed by atoms with E-state index in [1.54, 1.807) is 0 Å². The zero-order valence-electron chi connectivity index (χ0n) is 11.9. The van der Waals surface area contributed by atoms with Gasteiger partial charge in [-0.25, -0.2) is 9.37 Å². The molecule has 4 heteroatoms. The Bertz CT molecular complexity index is 863. The molecule has 0 aliphatic carbocycles. The van der Waals surface area contributed by atoms with Crippen LogP contribution in [0, 0.1) is 5.82 Å². The quantitative estimate of drug-likeness (QED) is 0.789. The molecule has 3 nitrogen and oxygen atoms in total. The van der Waals surface area contributed by atoms with E-state index in [9.17, 15) is 4.39 Å². The van der Waals surface area contributed by atoms with Crippen LogP contribution >= 0.6 is 0 Å². The van der Waals surface area contributed by atoms with E-state index in [0.29, 0.717) is 30.0 Å². The van der Waals surface area contributed by atoms with Crippen molar-refractivity contribution in [2.75, 3.05) is 6.54 Å². The van der Waals surface area contributed by atoms with Crippen LogP contribution < -0.4 is 10.5 Å². The molecule has 1 aliphatic rings. The number of ether oxygens (including phenoxy) is 1. The van der Waals surface area contributed by atoms with E-state index >= 15 is 0 Å². The summed E-state index contributed by atoms with van der Waals surface area (Å²) in [6, 6.07) is 14.8. The van der Waals surface area contributed by atoms with Crippen molar-refractivity contribution in [3.05, 3.63) is 59.9 Å². The number of rotatable bonds is 2. The van der Waals surface area contributed by atoms with Gasteiger partial charge in [0.05, 0.1) is 11.2 Å². The topological polar surface area (TPSA) is 48.1 Å². The van der Waals surface area contributed by atoms with Crippen molar-refractivity contribution < 1.29 is 9.13 Å². The highest BCUT2D eigenvalue weighted by Crippen LogP contribution is 2.39. The maximum atomic E-state index is 13.9. The van der Waals surface area contributed by atoms with Crippen LogP contribution in [-0.4, -0.2) is 17.6 Å². The van der Waals surface area contributed by atoms with E-state index in [1.807, 2.05) is 36.4 Å². The summed E-state index contributed by atoms with van der Waals surface area (Å²) in [5.41, 5.74) is 8.83. The monoisotopic (exact) mass is 294 g/mol. The van der Waals surface area contributed by atoms with Crippen LogP contribution in [0.25, 0.3) is 22.2 Å². The lowest BCUT2D eigenvalue weighted by Crippen LogP contribution is -2.24. The number of hydrogen-bond donors (Lipinski definition) is 1. The minimum Gasteiger partial charge on any atom is -0.488 e. The van der Waals surface area contributed by atoms with Crippen molar-refractivity contribution in [2.45, 2.75) is 12.5 Å². The molecule has 110 valence electrons. The number of benzene rings is 2. The van der Waals surface area contributed by atoms with Crippen LogP contribution in [0.1, 0.15) is 5.56 Å². The number of para-hydroxylation sites is 1. The van der Waals surface area contributed by atoms with E-state index < -0.39 is 0 Å². The number of aromatic nitrogens is 1. The molecule has 22 heavy (non-hydrogen) atoms. The zero-order chi connectivity index (χ0) is 15.1. The molecule has 0 saturated heterocycles. The van der Waals surface area contributed by atoms with Gasteiger partial charge >= 0.3 is 0 Å². The van der Waals surface area contributed by atoms with Gasteiger partial charge in [-0.2, -0.15) is 0 Å². The van der Waals surface area contributed by atoms with Crippen molar-refractivity contribution in [2.24, 2.45) is 5.73 Å². The maximum Gasteiger partial charge on any atom is 0.132 e. The van der Waals surface area contributed by atoms with Gasteiger partial charge in [-0.05, 0) is 24.3 Å². The molecule has 0 saturated carbocycles. The number of fused-ring (bicyclic) bond motifs is 2. The van der Waals surface area contributed by atoms with Crippen molar-refractivity contribution >= 4 is 10.9 Å². The predicted molar refractivity (Wildman–Crippen MR) is 84.3 cm³/mol. The van der Waals surface area contributed by atoms with Gasteiger partial charge in [-0.1, -0.05) is 24.3 Å². The van der Waals surface area contributed by atoms with Crippen molar-refractivity contribution in [1.29, 1.82) is 0 Å². The Morgan fingerprint density at radius 3 is 2.91 bits per heavy atom. The summed E-state index contributed by atoms with van der Waals surface area (Å²) >= 11 is 0. The molecule has 2 aromatic carbocycles. The second kappa shape index (κ2) is 5.07.